The summed E-state index contributed by atoms with van der Waals surface area (Å²) in [5.41, 5.74) is 0. The molecule has 2 rings (SSSR count). The summed E-state index contributed by atoms with van der Waals surface area (Å²) >= 11 is 5.70. The van der Waals surface area contributed by atoms with Crippen LogP contribution in [0.2, 0.25) is 5.02 Å². The van der Waals surface area contributed by atoms with Crippen molar-refractivity contribution < 1.29 is 9.13 Å². The zero-order valence-corrected chi connectivity index (χ0v) is 10.8. The monoisotopic (exact) mass is 256 g/mol. The molecule has 1 aromatic rings. The molecule has 0 radical (unpaired) electrons. The van der Waals surface area contributed by atoms with Gasteiger partial charge in [-0.1, -0.05) is 37.4 Å². The molecule has 1 aromatic carbocycles. The van der Waals surface area contributed by atoms with Crippen LogP contribution in [0, 0.1) is 17.7 Å². The van der Waals surface area contributed by atoms with E-state index < -0.39 is 5.82 Å². The van der Waals surface area contributed by atoms with Crippen LogP contribution in [0.15, 0.2) is 18.2 Å². The highest BCUT2D eigenvalue weighted by Crippen LogP contribution is 2.30. The van der Waals surface area contributed by atoms with E-state index in [-0.39, 0.29) is 10.8 Å². The molecule has 0 spiro atoms. The van der Waals surface area contributed by atoms with E-state index in [4.69, 9.17) is 16.3 Å². The van der Waals surface area contributed by atoms with Gasteiger partial charge in [-0.15, -0.1) is 0 Å². The van der Waals surface area contributed by atoms with Crippen molar-refractivity contribution in [3.05, 3.63) is 29.0 Å². The van der Waals surface area contributed by atoms with Gasteiger partial charge in [-0.3, -0.25) is 0 Å². The maximum absolute atomic E-state index is 13.6. The van der Waals surface area contributed by atoms with Gasteiger partial charge in [0.25, 0.3) is 0 Å². The summed E-state index contributed by atoms with van der Waals surface area (Å²) < 4.78 is 19.1. The summed E-state index contributed by atoms with van der Waals surface area (Å²) in [5.74, 6) is 1.22. The van der Waals surface area contributed by atoms with E-state index in [1.54, 1.807) is 12.1 Å². The first-order chi connectivity index (χ1) is 8.16. The fraction of sp³-hybridized carbons (Fsp3) is 0.571. The van der Waals surface area contributed by atoms with E-state index in [0.717, 1.165) is 5.92 Å². The quantitative estimate of drug-likeness (QED) is 0.763. The third kappa shape index (κ3) is 3.35. The molecule has 1 nitrogen and oxygen atoms in total. The summed E-state index contributed by atoms with van der Waals surface area (Å²) in [5, 5.41) is 0.125. The van der Waals surface area contributed by atoms with Crippen molar-refractivity contribution in [1.29, 1.82) is 0 Å². The third-order valence-corrected chi connectivity index (χ3v) is 3.82. The molecule has 3 heteroatoms. The summed E-state index contributed by atoms with van der Waals surface area (Å²) in [7, 11) is 0. The Balaban J connectivity index is 1.87. The second-order valence-electron chi connectivity index (χ2n) is 4.99. The molecular weight excluding hydrogens is 239 g/mol. The molecular formula is C14H18ClFO. The van der Waals surface area contributed by atoms with E-state index in [2.05, 4.69) is 6.92 Å². The van der Waals surface area contributed by atoms with E-state index in [1.165, 1.54) is 31.7 Å². The van der Waals surface area contributed by atoms with Gasteiger partial charge in [0.1, 0.15) is 0 Å². The maximum atomic E-state index is 13.6. The van der Waals surface area contributed by atoms with Crippen LogP contribution >= 0.6 is 11.6 Å². The van der Waals surface area contributed by atoms with Crippen molar-refractivity contribution in [3.8, 4) is 5.75 Å². The number of hydrogen-bond acceptors (Lipinski definition) is 1. The zero-order chi connectivity index (χ0) is 12.3. The Bertz CT molecular complexity index is 372. The molecule has 17 heavy (non-hydrogen) atoms. The fourth-order valence-corrected chi connectivity index (χ4v) is 2.46. The summed E-state index contributed by atoms with van der Waals surface area (Å²) in [6.45, 7) is 2.89. The molecule has 0 heterocycles. The minimum absolute atomic E-state index is 0.125. The number of halogens is 2. The molecule has 0 unspecified atom stereocenters. The molecule has 0 saturated heterocycles. The lowest BCUT2D eigenvalue weighted by Gasteiger charge is -2.26. The third-order valence-electron chi connectivity index (χ3n) is 3.53. The molecule has 0 aliphatic heterocycles. The first kappa shape index (κ1) is 12.7. The molecule has 0 atom stereocenters. The molecule has 1 fully saturated rings. The van der Waals surface area contributed by atoms with Crippen molar-refractivity contribution in [2.75, 3.05) is 6.61 Å². The summed E-state index contributed by atoms with van der Waals surface area (Å²) in [6.07, 6.45) is 4.88. The molecule has 0 amide bonds. The van der Waals surface area contributed by atoms with E-state index in [1.807, 2.05) is 0 Å². The second kappa shape index (κ2) is 5.72. The first-order valence-electron chi connectivity index (χ1n) is 6.23. The fourth-order valence-electron chi connectivity index (χ4n) is 2.30. The van der Waals surface area contributed by atoms with Gasteiger partial charge >= 0.3 is 0 Å². The Morgan fingerprint density at radius 2 is 2.00 bits per heavy atom. The Morgan fingerprint density at radius 1 is 1.29 bits per heavy atom. The van der Waals surface area contributed by atoms with E-state index in [9.17, 15) is 4.39 Å². The number of rotatable bonds is 3. The number of benzene rings is 1. The van der Waals surface area contributed by atoms with Crippen molar-refractivity contribution in [1.82, 2.24) is 0 Å². The van der Waals surface area contributed by atoms with Crippen molar-refractivity contribution in [2.45, 2.75) is 32.6 Å². The van der Waals surface area contributed by atoms with Gasteiger partial charge in [0.05, 0.1) is 11.6 Å². The smallest absolute Gasteiger partial charge is 0.183 e. The largest absolute Gasteiger partial charge is 0.490 e. The Hall–Kier alpha value is -0.760. The van der Waals surface area contributed by atoms with Gasteiger partial charge in [-0.2, -0.15) is 0 Å². The minimum atomic E-state index is -0.446. The Labute approximate surface area is 107 Å². The van der Waals surface area contributed by atoms with Gasteiger partial charge in [0, 0.05) is 0 Å². The Kier molecular flexibility index (Phi) is 4.27. The standard InChI is InChI=1S/C14H18ClFO/c1-10-5-7-11(8-6-10)9-17-13-4-2-3-12(15)14(13)16/h2-4,10-11H,5-9H2,1H3. The van der Waals surface area contributed by atoms with Crippen molar-refractivity contribution in [2.24, 2.45) is 11.8 Å². The lowest BCUT2D eigenvalue weighted by molar-refractivity contribution is 0.183. The molecule has 0 N–H and O–H groups in total. The molecule has 0 bridgehead atoms. The summed E-state index contributed by atoms with van der Waals surface area (Å²) in [6, 6.07) is 4.88. The summed E-state index contributed by atoms with van der Waals surface area (Å²) in [4.78, 5) is 0. The number of hydrogen-bond donors (Lipinski definition) is 0. The molecule has 0 aromatic heterocycles. The van der Waals surface area contributed by atoms with Crippen LogP contribution < -0.4 is 4.74 Å². The average Bonchev–Trinajstić information content (AvgIpc) is 2.33. The highest BCUT2D eigenvalue weighted by molar-refractivity contribution is 6.30. The van der Waals surface area contributed by atoms with Crippen molar-refractivity contribution >= 4 is 11.6 Å². The normalized spacial score (nSPS) is 24.6. The van der Waals surface area contributed by atoms with Gasteiger partial charge in [0.2, 0.25) is 0 Å². The Morgan fingerprint density at radius 3 is 2.71 bits per heavy atom. The predicted octanol–water partition coefficient (Wildman–Crippen LogP) is 4.68. The first-order valence-corrected chi connectivity index (χ1v) is 6.61. The topological polar surface area (TPSA) is 9.23 Å². The van der Waals surface area contributed by atoms with Gasteiger partial charge < -0.3 is 4.74 Å². The van der Waals surface area contributed by atoms with Crippen LogP contribution in [0.3, 0.4) is 0 Å². The van der Waals surface area contributed by atoms with Gasteiger partial charge in [-0.05, 0) is 36.8 Å². The van der Waals surface area contributed by atoms with Crippen LogP contribution in [0.4, 0.5) is 4.39 Å². The molecule has 94 valence electrons. The highest BCUT2D eigenvalue weighted by atomic mass is 35.5. The van der Waals surface area contributed by atoms with Crippen LogP contribution in [0.5, 0.6) is 5.75 Å². The van der Waals surface area contributed by atoms with Crippen LogP contribution in [-0.4, -0.2) is 6.61 Å². The minimum Gasteiger partial charge on any atom is -0.490 e. The molecule has 1 aliphatic rings. The van der Waals surface area contributed by atoms with Crippen LogP contribution in [-0.2, 0) is 0 Å². The lowest BCUT2D eigenvalue weighted by atomic mass is 9.83. The van der Waals surface area contributed by atoms with Gasteiger partial charge in [0.15, 0.2) is 11.6 Å². The zero-order valence-electron chi connectivity index (χ0n) is 10.1. The average molecular weight is 257 g/mol. The van der Waals surface area contributed by atoms with Gasteiger partial charge in [-0.25, -0.2) is 4.39 Å². The van der Waals surface area contributed by atoms with Crippen LogP contribution in [0.25, 0.3) is 0 Å². The van der Waals surface area contributed by atoms with Crippen LogP contribution in [0.1, 0.15) is 32.6 Å². The SMILES string of the molecule is CC1CCC(COc2cccc(Cl)c2F)CC1. The maximum Gasteiger partial charge on any atom is 0.183 e. The van der Waals surface area contributed by atoms with Crippen molar-refractivity contribution in [3.63, 3.8) is 0 Å². The highest BCUT2D eigenvalue weighted by Gasteiger charge is 2.19. The van der Waals surface area contributed by atoms with E-state index >= 15 is 0 Å². The number of ether oxygens (including phenoxy) is 1. The molecule has 1 aliphatic carbocycles. The van der Waals surface area contributed by atoms with E-state index in [0.29, 0.717) is 12.5 Å². The second-order valence-corrected chi connectivity index (χ2v) is 5.40. The lowest BCUT2D eigenvalue weighted by Crippen LogP contribution is -2.19. The predicted molar refractivity (Wildman–Crippen MR) is 68.0 cm³/mol. The molecule has 1 saturated carbocycles.